The first-order chi connectivity index (χ1) is 21.1. The maximum atomic E-state index is 14.6. The summed E-state index contributed by atoms with van der Waals surface area (Å²) in [5, 5.41) is 31.5. The molecule has 6 atom stereocenters. The minimum absolute atomic E-state index is 0.00694. The summed E-state index contributed by atoms with van der Waals surface area (Å²) < 4.78 is 17.7. The van der Waals surface area contributed by atoms with Crippen LogP contribution in [0, 0.1) is 6.92 Å². The number of hydrogen-bond acceptors (Lipinski definition) is 10. The lowest BCUT2D eigenvalue weighted by atomic mass is 9.78. The van der Waals surface area contributed by atoms with Crippen LogP contribution in [0.5, 0.6) is 11.5 Å². The number of phenolic OH excluding ortho intramolecular Hbond substituents is 1. The van der Waals surface area contributed by atoms with Gasteiger partial charge in [0, 0.05) is 23.1 Å². The van der Waals surface area contributed by atoms with Crippen molar-refractivity contribution in [2.24, 2.45) is 0 Å². The predicted molar refractivity (Wildman–Crippen MR) is 156 cm³/mol. The summed E-state index contributed by atoms with van der Waals surface area (Å²) in [6, 6.07) is 16.7. The number of phenols is 1. The number of ketones is 2. The summed E-state index contributed by atoms with van der Waals surface area (Å²) in [6.07, 6.45) is -4.13. The van der Waals surface area contributed by atoms with E-state index >= 15 is 0 Å². The maximum absolute atomic E-state index is 14.6. The van der Waals surface area contributed by atoms with Crippen molar-refractivity contribution >= 4 is 23.1 Å². The van der Waals surface area contributed by atoms with Gasteiger partial charge in [0.1, 0.15) is 29.3 Å². The van der Waals surface area contributed by atoms with E-state index in [9.17, 15) is 29.7 Å². The van der Waals surface area contributed by atoms with Gasteiger partial charge in [0.05, 0.1) is 23.3 Å². The van der Waals surface area contributed by atoms with Crippen molar-refractivity contribution < 1.29 is 43.9 Å². The topological polar surface area (TPSA) is 143 Å². The smallest absolute Gasteiger partial charge is 0.331 e. The average Bonchev–Trinajstić information content (AvgIpc) is 3.33. The molecule has 7 rings (SSSR count). The number of aliphatic hydroxyl groups excluding tert-OH is 2. The Kier molecular flexibility index (Phi) is 6.80. The van der Waals surface area contributed by atoms with E-state index in [0.29, 0.717) is 24.0 Å². The second-order valence-electron chi connectivity index (χ2n) is 11.7. The van der Waals surface area contributed by atoms with Crippen LogP contribution in [-0.2, 0) is 20.7 Å². The van der Waals surface area contributed by atoms with E-state index < -0.39 is 54.4 Å². The Balaban J connectivity index is 1.34. The summed E-state index contributed by atoms with van der Waals surface area (Å²) in [5.41, 5.74) is 2.35. The third kappa shape index (κ3) is 4.40. The van der Waals surface area contributed by atoms with E-state index in [0.717, 1.165) is 5.56 Å². The van der Waals surface area contributed by atoms with Crippen LogP contribution in [0.1, 0.15) is 69.0 Å². The monoisotopic (exact) mass is 597 g/mol. The molecule has 0 aromatic heterocycles. The normalized spacial score (nSPS) is 27.4. The zero-order valence-electron chi connectivity index (χ0n) is 24.1. The van der Waals surface area contributed by atoms with E-state index in [-0.39, 0.29) is 45.9 Å². The van der Waals surface area contributed by atoms with Gasteiger partial charge in [0.25, 0.3) is 0 Å². The number of hydrogen-bond donors (Lipinski definition) is 3. The maximum Gasteiger partial charge on any atom is 0.331 e. The first-order valence-corrected chi connectivity index (χ1v) is 14.7. The zero-order valence-corrected chi connectivity index (χ0v) is 24.1. The lowest BCUT2D eigenvalue weighted by Gasteiger charge is -2.39. The highest BCUT2D eigenvalue weighted by Crippen LogP contribution is 2.52. The minimum Gasteiger partial charge on any atom is -0.507 e. The van der Waals surface area contributed by atoms with Crippen molar-refractivity contribution in [2.75, 3.05) is 0 Å². The summed E-state index contributed by atoms with van der Waals surface area (Å²) in [5.74, 6) is -1.72. The van der Waals surface area contributed by atoms with Crippen LogP contribution in [0.25, 0.3) is 5.57 Å². The molecule has 10 heteroatoms. The zero-order chi connectivity index (χ0) is 30.9. The molecule has 226 valence electrons. The molecule has 0 saturated carbocycles. The highest BCUT2D eigenvalue weighted by molar-refractivity contribution is 6.41. The largest absolute Gasteiger partial charge is 0.507 e. The van der Waals surface area contributed by atoms with Gasteiger partial charge < -0.3 is 34.4 Å². The number of Topliss-reactive ketones (excluding diaryl/α,β-unsaturated/α-hetero) is 2. The van der Waals surface area contributed by atoms with Gasteiger partial charge in [-0.2, -0.15) is 0 Å². The van der Waals surface area contributed by atoms with Gasteiger partial charge in [-0.3, -0.25) is 9.59 Å². The van der Waals surface area contributed by atoms with Crippen molar-refractivity contribution in [1.82, 2.24) is 4.90 Å². The van der Waals surface area contributed by atoms with Crippen LogP contribution in [0.15, 0.2) is 66.4 Å². The number of aromatic hydroxyl groups is 1. The Hall–Kier alpha value is -4.51. The van der Waals surface area contributed by atoms with E-state index in [2.05, 4.69) is 0 Å². The van der Waals surface area contributed by atoms with Gasteiger partial charge >= 0.3 is 5.97 Å². The average molecular weight is 598 g/mol. The summed E-state index contributed by atoms with van der Waals surface area (Å²) >= 11 is 0. The van der Waals surface area contributed by atoms with Crippen LogP contribution >= 0.6 is 0 Å². The van der Waals surface area contributed by atoms with Gasteiger partial charge in [-0.25, -0.2) is 4.79 Å². The third-order valence-electron chi connectivity index (χ3n) is 8.82. The number of nitrogens with zero attached hydrogens (tertiary/aromatic N) is 1. The molecule has 0 bridgehead atoms. The second kappa shape index (κ2) is 10.6. The molecule has 3 aromatic carbocycles. The Morgan fingerprint density at radius 2 is 1.75 bits per heavy atom. The molecular weight excluding hydrogens is 566 g/mol. The molecule has 44 heavy (non-hydrogen) atoms. The number of carbonyl (C=O) groups excluding carboxylic acids is 3. The number of allylic oxidation sites excluding steroid dienone is 2. The molecule has 0 spiro atoms. The Labute approximate surface area is 253 Å². The second-order valence-corrected chi connectivity index (χ2v) is 11.7. The number of fused-ring (bicyclic) bond motifs is 6. The van der Waals surface area contributed by atoms with E-state index in [1.165, 1.54) is 18.2 Å². The lowest BCUT2D eigenvalue weighted by Crippen LogP contribution is -2.48. The summed E-state index contributed by atoms with van der Waals surface area (Å²) in [7, 11) is 0. The Morgan fingerprint density at radius 3 is 2.50 bits per heavy atom. The standard InChI is InChI=1S/C34H31NO9/c1-16-13-20-26(22(36)14-16)28-29(35-21(34(41)44-33(20)35)12-11-18-7-4-3-5-8-18)32(40)27-19(31(28)39)9-6-10-24(27)43-25-15-23(37)30(38)17(2)42-25/h3-10,13-14,17,21,23,25,30,33,36-38H,11-12,15H2,1-2H3/t17?,21-,23?,25?,30?,33?/m1/s1. The fourth-order valence-corrected chi connectivity index (χ4v) is 6.72. The van der Waals surface area contributed by atoms with Crippen LogP contribution in [0.4, 0.5) is 0 Å². The van der Waals surface area contributed by atoms with E-state index in [4.69, 9.17) is 14.2 Å². The van der Waals surface area contributed by atoms with E-state index in [1.807, 2.05) is 30.3 Å². The predicted octanol–water partition coefficient (Wildman–Crippen LogP) is 3.60. The van der Waals surface area contributed by atoms with Gasteiger partial charge in [-0.1, -0.05) is 42.5 Å². The van der Waals surface area contributed by atoms with Gasteiger partial charge in [0.15, 0.2) is 5.78 Å². The van der Waals surface area contributed by atoms with Crippen molar-refractivity contribution in [3.63, 3.8) is 0 Å². The first-order valence-electron chi connectivity index (χ1n) is 14.7. The van der Waals surface area contributed by atoms with Gasteiger partial charge in [0.2, 0.25) is 18.3 Å². The molecule has 5 unspecified atom stereocenters. The van der Waals surface area contributed by atoms with Crippen LogP contribution in [0.3, 0.4) is 0 Å². The van der Waals surface area contributed by atoms with Crippen molar-refractivity contribution in [3.05, 3.63) is 99.7 Å². The SMILES string of the molecule is Cc1cc(O)c2c(c1)C1OC(=O)[C@@H](CCc3ccccc3)N1C1=C2C(=O)c2cccc(OC3CC(O)C(O)C(C)O3)c2C1=O. The molecule has 3 heterocycles. The first kappa shape index (κ1) is 28.3. The molecule has 0 amide bonds. The van der Waals surface area contributed by atoms with Gasteiger partial charge in [-0.05, 0) is 56.0 Å². The highest BCUT2D eigenvalue weighted by atomic mass is 16.7. The quantitative estimate of drug-likeness (QED) is 0.374. The molecule has 2 saturated heterocycles. The number of aryl methyl sites for hydroxylation is 2. The van der Waals surface area contributed by atoms with Crippen LogP contribution < -0.4 is 4.74 Å². The van der Waals surface area contributed by atoms with Crippen LogP contribution in [0.2, 0.25) is 0 Å². The number of esters is 1. The van der Waals surface area contributed by atoms with Gasteiger partial charge in [-0.15, -0.1) is 0 Å². The van der Waals surface area contributed by atoms with Crippen LogP contribution in [-0.4, -0.2) is 68.4 Å². The summed E-state index contributed by atoms with van der Waals surface area (Å²) in [6.45, 7) is 3.39. The minimum atomic E-state index is -1.10. The molecule has 1 aliphatic carbocycles. The number of aliphatic hydroxyl groups is 2. The molecule has 2 fully saturated rings. The molecule has 3 N–H and O–H groups in total. The Bertz CT molecular complexity index is 1720. The number of rotatable bonds is 5. The van der Waals surface area contributed by atoms with Crippen molar-refractivity contribution in [1.29, 1.82) is 0 Å². The van der Waals surface area contributed by atoms with Crippen molar-refractivity contribution in [2.45, 2.75) is 70.0 Å². The summed E-state index contributed by atoms with van der Waals surface area (Å²) in [4.78, 5) is 43.9. The molecule has 0 radical (unpaired) electrons. The number of carbonyl (C=O) groups is 3. The van der Waals surface area contributed by atoms with Crippen molar-refractivity contribution in [3.8, 4) is 11.5 Å². The fraction of sp³-hybridized carbons (Fsp3) is 0.324. The fourth-order valence-electron chi connectivity index (χ4n) is 6.72. The number of ether oxygens (including phenoxy) is 3. The third-order valence-corrected chi connectivity index (χ3v) is 8.82. The van der Waals surface area contributed by atoms with E-state index in [1.54, 1.807) is 30.9 Å². The molecule has 3 aliphatic heterocycles. The molecule has 10 nitrogen and oxygen atoms in total. The molecular formula is C34H31NO9. The highest BCUT2D eigenvalue weighted by Gasteiger charge is 2.54. The molecule has 3 aromatic rings. The lowest BCUT2D eigenvalue weighted by molar-refractivity contribution is -0.216. The molecule has 4 aliphatic rings. The Morgan fingerprint density at radius 1 is 0.977 bits per heavy atom. The number of benzene rings is 3.